The zero-order chi connectivity index (χ0) is 14.4. The van der Waals surface area contributed by atoms with Crippen LogP contribution in [0.15, 0.2) is 24.3 Å². The van der Waals surface area contributed by atoms with Gasteiger partial charge in [-0.2, -0.15) is 0 Å². The lowest BCUT2D eigenvalue weighted by molar-refractivity contribution is -0.139. The second-order valence-corrected chi connectivity index (χ2v) is 4.79. The number of carboxylic acids is 1. The van der Waals surface area contributed by atoms with Crippen LogP contribution in [0.25, 0.3) is 0 Å². The fourth-order valence-corrected chi connectivity index (χ4v) is 2.20. The number of rotatable bonds is 5. The Morgan fingerprint density at radius 2 is 1.85 bits per heavy atom. The summed E-state index contributed by atoms with van der Waals surface area (Å²) in [7, 11) is 0. The maximum Gasteiger partial charge on any atom is 0.341 e. The van der Waals surface area contributed by atoms with E-state index in [1.165, 1.54) is 12.8 Å². The van der Waals surface area contributed by atoms with Crippen LogP contribution in [0.4, 0.5) is 10.5 Å². The number of benzene rings is 1. The summed E-state index contributed by atoms with van der Waals surface area (Å²) in [5, 5.41) is 14.2. The van der Waals surface area contributed by atoms with Gasteiger partial charge >= 0.3 is 12.0 Å². The van der Waals surface area contributed by atoms with E-state index < -0.39 is 5.97 Å². The molecular weight excluding hydrogens is 260 g/mol. The van der Waals surface area contributed by atoms with Crippen LogP contribution in [-0.2, 0) is 4.79 Å². The summed E-state index contributed by atoms with van der Waals surface area (Å²) < 4.78 is 5.01. The van der Waals surface area contributed by atoms with Gasteiger partial charge < -0.3 is 20.5 Å². The molecule has 1 aromatic rings. The Morgan fingerprint density at radius 3 is 2.45 bits per heavy atom. The first-order valence-electron chi connectivity index (χ1n) is 6.65. The molecule has 0 bridgehead atoms. The predicted octanol–water partition coefficient (Wildman–Crippen LogP) is 2.21. The highest BCUT2D eigenvalue weighted by Gasteiger charge is 2.16. The first kappa shape index (κ1) is 14.2. The van der Waals surface area contributed by atoms with E-state index in [0.29, 0.717) is 11.4 Å². The molecule has 1 fully saturated rings. The molecule has 6 nitrogen and oxygen atoms in total. The number of carbonyl (C=O) groups excluding carboxylic acids is 1. The van der Waals surface area contributed by atoms with Gasteiger partial charge in [0.2, 0.25) is 0 Å². The quantitative estimate of drug-likeness (QED) is 0.770. The molecule has 0 aliphatic heterocycles. The number of carboxylic acid groups (broad SMARTS) is 1. The molecule has 20 heavy (non-hydrogen) atoms. The highest BCUT2D eigenvalue weighted by Crippen LogP contribution is 2.18. The zero-order valence-electron chi connectivity index (χ0n) is 11.1. The number of amides is 2. The maximum absolute atomic E-state index is 11.7. The second-order valence-electron chi connectivity index (χ2n) is 4.79. The van der Waals surface area contributed by atoms with Crippen molar-refractivity contribution in [2.45, 2.75) is 31.7 Å². The van der Waals surface area contributed by atoms with Gasteiger partial charge in [0.15, 0.2) is 6.61 Å². The summed E-state index contributed by atoms with van der Waals surface area (Å²) in [6, 6.07) is 6.64. The average Bonchev–Trinajstić information content (AvgIpc) is 2.90. The molecule has 2 amide bonds. The standard InChI is InChI=1S/C14H18N2O4/c17-13(18)9-20-12-7-5-11(6-8-12)16-14(19)15-10-3-1-2-4-10/h5-8,10H,1-4,9H2,(H,17,18)(H2,15,16,19). The van der Waals surface area contributed by atoms with Crippen LogP contribution in [0, 0.1) is 0 Å². The molecule has 0 saturated heterocycles. The summed E-state index contributed by atoms with van der Waals surface area (Å²) in [5.41, 5.74) is 0.642. The smallest absolute Gasteiger partial charge is 0.341 e. The van der Waals surface area contributed by atoms with E-state index in [2.05, 4.69) is 10.6 Å². The summed E-state index contributed by atoms with van der Waals surface area (Å²) in [6.45, 7) is -0.380. The molecule has 0 radical (unpaired) electrons. The van der Waals surface area contributed by atoms with Crippen LogP contribution in [-0.4, -0.2) is 29.8 Å². The van der Waals surface area contributed by atoms with Crippen molar-refractivity contribution in [2.24, 2.45) is 0 Å². The van der Waals surface area contributed by atoms with Crippen molar-refractivity contribution < 1.29 is 19.4 Å². The van der Waals surface area contributed by atoms with Crippen LogP contribution in [0.2, 0.25) is 0 Å². The molecule has 0 spiro atoms. The predicted molar refractivity (Wildman–Crippen MR) is 74.0 cm³/mol. The molecule has 6 heteroatoms. The number of urea groups is 1. The van der Waals surface area contributed by atoms with Crippen LogP contribution in [0.1, 0.15) is 25.7 Å². The number of hydrogen-bond acceptors (Lipinski definition) is 3. The molecule has 1 saturated carbocycles. The number of nitrogens with one attached hydrogen (secondary N) is 2. The Morgan fingerprint density at radius 1 is 1.20 bits per heavy atom. The normalized spacial score (nSPS) is 14.8. The van der Waals surface area contributed by atoms with Crippen LogP contribution in [0.3, 0.4) is 0 Å². The average molecular weight is 278 g/mol. The monoisotopic (exact) mass is 278 g/mol. The number of ether oxygens (including phenoxy) is 1. The molecule has 0 atom stereocenters. The van der Waals surface area contributed by atoms with E-state index in [0.717, 1.165) is 12.8 Å². The fraction of sp³-hybridized carbons (Fsp3) is 0.429. The first-order chi connectivity index (χ1) is 9.63. The van der Waals surface area contributed by atoms with Crippen LogP contribution < -0.4 is 15.4 Å². The van der Waals surface area contributed by atoms with E-state index in [1.54, 1.807) is 24.3 Å². The molecule has 0 aromatic heterocycles. The number of carbonyl (C=O) groups is 2. The van der Waals surface area contributed by atoms with E-state index in [-0.39, 0.29) is 18.7 Å². The Bertz CT molecular complexity index is 467. The summed E-state index contributed by atoms with van der Waals surface area (Å²) in [5.74, 6) is -0.572. The van der Waals surface area contributed by atoms with Gasteiger partial charge in [0.25, 0.3) is 0 Å². The molecule has 108 valence electrons. The third-order valence-corrected chi connectivity index (χ3v) is 3.16. The fourth-order valence-electron chi connectivity index (χ4n) is 2.20. The van der Waals surface area contributed by atoms with Crippen molar-refractivity contribution in [3.8, 4) is 5.75 Å². The summed E-state index contributed by atoms with van der Waals surface area (Å²) in [6.07, 6.45) is 4.41. The Kier molecular flexibility index (Phi) is 4.81. The van der Waals surface area contributed by atoms with Gasteiger partial charge in [-0.3, -0.25) is 0 Å². The van der Waals surface area contributed by atoms with Crippen molar-refractivity contribution in [3.05, 3.63) is 24.3 Å². The van der Waals surface area contributed by atoms with Crippen molar-refractivity contribution in [2.75, 3.05) is 11.9 Å². The molecule has 1 aliphatic rings. The number of anilines is 1. The molecule has 3 N–H and O–H groups in total. The minimum absolute atomic E-state index is 0.212. The zero-order valence-corrected chi connectivity index (χ0v) is 11.1. The molecular formula is C14H18N2O4. The van der Waals surface area contributed by atoms with Crippen molar-refractivity contribution >= 4 is 17.7 Å². The molecule has 0 unspecified atom stereocenters. The topological polar surface area (TPSA) is 87.7 Å². The van der Waals surface area contributed by atoms with Crippen LogP contribution in [0.5, 0.6) is 5.75 Å². The van der Waals surface area contributed by atoms with Crippen molar-refractivity contribution in [1.29, 1.82) is 0 Å². The lowest BCUT2D eigenvalue weighted by Crippen LogP contribution is -2.36. The van der Waals surface area contributed by atoms with Crippen LogP contribution >= 0.6 is 0 Å². The number of aliphatic carboxylic acids is 1. The third kappa shape index (κ3) is 4.46. The molecule has 1 aliphatic carbocycles. The Hall–Kier alpha value is -2.24. The van der Waals surface area contributed by atoms with Gasteiger partial charge in [0, 0.05) is 11.7 Å². The summed E-state index contributed by atoms with van der Waals surface area (Å²) >= 11 is 0. The van der Waals surface area contributed by atoms with Gasteiger partial charge in [-0.25, -0.2) is 9.59 Å². The molecule has 1 aromatic carbocycles. The number of hydrogen-bond donors (Lipinski definition) is 3. The van der Waals surface area contributed by atoms with E-state index in [9.17, 15) is 9.59 Å². The lowest BCUT2D eigenvalue weighted by atomic mass is 10.2. The van der Waals surface area contributed by atoms with Gasteiger partial charge in [-0.05, 0) is 37.1 Å². The maximum atomic E-state index is 11.7. The van der Waals surface area contributed by atoms with E-state index in [1.807, 2.05) is 0 Å². The van der Waals surface area contributed by atoms with Crippen molar-refractivity contribution in [1.82, 2.24) is 5.32 Å². The Balaban J connectivity index is 1.80. The van der Waals surface area contributed by atoms with E-state index in [4.69, 9.17) is 9.84 Å². The van der Waals surface area contributed by atoms with Gasteiger partial charge in [-0.15, -0.1) is 0 Å². The third-order valence-electron chi connectivity index (χ3n) is 3.16. The van der Waals surface area contributed by atoms with E-state index >= 15 is 0 Å². The lowest BCUT2D eigenvalue weighted by Gasteiger charge is -2.13. The van der Waals surface area contributed by atoms with Gasteiger partial charge in [0.1, 0.15) is 5.75 Å². The van der Waals surface area contributed by atoms with Crippen molar-refractivity contribution in [3.63, 3.8) is 0 Å². The minimum Gasteiger partial charge on any atom is -0.482 e. The van der Waals surface area contributed by atoms with Gasteiger partial charge in [-0.1, -0.05) is 12.8 Å². The van der Waals surface area contributed by atoms with Gasteiger partial charge in [0.05, 0.1) is 0 Å². The minimum atomic E-state index is -1.02. The molecule has 0 heterocycles. The highest BCUT2D eigenvalue weighted by atomic mass is 16.5. The summed E-state index contributed by atoms with van der Waals surface area (Å²) in [4.78, 5) is 22.1. The second kappa shape index (κ2) is 6.79. The molecule has 2 rings (SSSR count). The SMILES string of the molecule is O=C(O)COc1ccc(NC(=O)NC2CCCC2)cc1. The highest BCUT2D eigenvalue weighted by molar-refractivity contribution is 5.89. The first-order valence-corrected chi connectivity index (χ1v) is 6.65. The largest absolute Gasteiger partial charge is 0.482 e. The Labute approximate surface area is 117 Å².